The van der Waals surface area contributed by atoms with Crippen LogP contribution in [0.5, 0.6) is 0 Å². The molecular weight excluding hydrogens is 386 g/mol. The van der Waals surface area contributed by atoms with E-state index in [4.69, 9.17) is 5.73 Å². The van der Waals surface area contributed by atoms with Gasteiger partial charge in [0.25, 0.3) is 5.91 Å². The van der Waals surface area contributed by atoms with E-state index in [0.29, 0.717) is 37.7 Å². The summed E-state index contributed by atoms with van der Waals surface area (Å²) in [5.74, 6) is 0.219. The summed E-state index contributed by atoms with van der Waals surface area (Å²) in [5, 5.41) is 0. The number of nitrogens with two attached hydrogens (primary N) is 1. The maximum absolute atomic E-state index is 13.1. The second-order valence-electron chi connectivity index (χ2n) is 7.59. The van der Waals surface area contributed by atoms with Gasteiger partial charge in [-0.1, -0.05) is 12.5 Å². The lowest BCUT2D eigenvalue weighted by Gasteiger charge is -2.27. The Hall–Kier alpha value is -1.15. The maximum Gasteiger partial charge on any atom is 0.254 e. The number of rotatable bonds is 4. The van der Waals surface area contributed by atoms with Crippen molar-refractivity contribution < 1.29 is 13.2 Å². The van der Waals surface area contributed by atoms with E-state index in [1.807, 2.05) is 18.7 Å². The largest absolute Gasteiger partial charge is 0.336 e. The molecule has 8 heteroatoms. The molecule has 1 amide bonds. The number of piperidine rings is 1. The van der Waals surface area contributed by atoms with Crippen molar-refractivity contribution in [2.24, 2.45) is 11.7 Å². The Morgan fingerprint density at radius 2 is 1.89 bits per heavy atom. The molecule has 0 spiro atoms. The minimum Gasteiger partial charge on any atom is -0.336 e. The molecule has 2 unspecified atom stereocenters. The highest BCUT2D eigenvalue weighted by Crippen LogP contribution is 2.27. The van der Waals surface area contributed by atoms with Crippen LogP contribution in [0.15, 0.2) is 23.1 Å². The minimum atomic E-state index is -3.54. The van der Waals surface area contributed by atoms with E-state index in [-0.39, 0.29) is 29.3 Å². The van der Waals surface area contributed by atoms with Crippen LogP contribution in [-0.2, 0) is 10.0 Å². The van der Waals surface area contributed by atoms with Crippen molar-refractivity contribution in [1.29, 1.82) is 0 Å². The normalized spacial score (nSPS) is 23.9. The second-order valence-corrected chi connectivity index (χ2v) is 9.52. The Bertz CT molecular complexity index is 778. The molecule has 2 aliphatic heterocycles. The number of aryl methyl sites for hydroxylation is 1. The molecule has 0 radical (unpaired) electrons. The van der Waals surface area contributed by atoms with Gasteiger partial charge in [-0.3, -0.25) is 4.79 Å². The second kappa shape index (κ2) is 8.90. The lowest BCUT2D eigenvalue weighted by Crippen LogP contribution is -2.36. The third-order valence-electron chi connectivity index (χ3n) is 5.65. The van der Waals surface area contributed by atoms with E-state index in [9.17, 15) is 13.2 Å². The fourth-order valence-corrected chi connectivity index (χ4v) is 5.54. The van der Waals surface area contributed by atoms with Gasteiger partial charge in [0.15, 0.2) is 0 Å². The number of hydrogen-bond acceptors (Lipinski definition) is 4. The van der Waals surface area contributed by atoms with Gasteiger partial charge in [0, 0.05) is 31.2 Å². The van der Waals surface area contributed by atoms with Crippen molar-refractivity contribution in [3.8, 4) is 0 Å². The minimum absolute atomic E-state index is 0. The van der Waals surface area contributed by atoms with Crippen LogP contribution in [0.25, 0.3) is 0 Å². The number of hydrogen-bond donors (Lipinski definition) is 1. The molecule has 6 nitrogen and oxygen atoms in total. The van der Waals surface area contributed by atoms with Crippen LogP contribution in [0.2, 0.25) is 0 Å². The van der Waals surface area contributed by atoms with E-state index < -0.39 is 10.0 Å². The number of halogens is 1. The zero-order valence-electron chi connectivity index (χ0n) is 16.1. The Kier molecular flexibility index (Phi) is 7.30. The standard InChI is InChI=1S/C19H29N3O3S.ClH/c1-14-6-7-17(26(24,25)21-8-4-3-5-9-21)11-18(14)19(23)22-13-16(12-20)10-15(22)2;/h6-7,11,15-16H,3-5,8-10,12-13,20H2,1-2H3;1H. The highest BCUT2D eigenvalue weighted by Gasteiger charge is 2.33. The number of carbonyl (C=O) groups is 1. The molecule has 27 heavy (non-hydrogen) atoms. The van der Waals surface area contributed by atoms with Crippen molar-refractivity contribution >= 4 is 28.3 Å². The van der Waals surface area contributed by atoms with Gasteiger partial charge in [0.2, 0.25) is 10.0 Å². The van der Waals surface area contributed by atoms with Crippen LogP contribution in [0.3, 0.4) is 0 Å². The number of carbonyl (C=O) groups excluding carboxylic acids is 1. The number of nitrogens with zero attached hydrogens (tertiary/aromatic N) is 2. The topological polar surface area (TPSA) is 83.7 Å². The fourth-order valence-electron chi connectivity index (χ4n) is 4.00. The number of benzene rings is 1. The first-order valence-corrected chi connectivity index (χ1v) is 10.9. The molecule has 2 atom stereocenters. The Labute approximate surface area is 168 Å². The molecule has 2 N–H and O–H groups in total. The summed E-state index contributed by atoms with van der Waals surface area (Å²) < 4.78 is 27.4. The first kappa shape index (κ1) is 22.1. The summed E-state index contributed by atoms with van der Waals surface area (Å²) in [6, 6.07) is 5.04. The van der Waals surface area contributed by atoms with E-state index >= 15 is 0 Å². The summed E-state index contributed by atoms with van der Waals surface area (Å²) in [7, 11) is -3.54. The summed E-state index contributed by atoms with van der Waals surface area (Å²) in [5.41, 5.74) is 7.05. The third kappa shape index (κ3) is 4.47. The Balaban J connectivity index is 0.00000261. The van der Waals surface area contributed by atoms with Crippen LogP contribution in [-0.4, -0.2) is 55.8 Å². The van der Waals surface area contributed by atoms with Crippen molar-refractivity contribution in [2.45, 2.75) is 50.5 Å². The fraction of sp³-hybridized carbons (Fsp3) is 0.632. The predicted molar refractivity (Wildman–Crippen MR) is 109 cm³/mol. The average molecular weight is 416 g/mol. The first-order valence-electron chi connectivity index (χ1n) is 9.46. The average Bonchev–Trinajstić information content (AvgIpc) is 3.03. The Morgan fingerprint density at radius 1 is 1.22 bits per heavy atom. The summed E-state index contributed by atoms with van der Waals surface area (Å²) in [6.07, 6.45) is 3.75. The van der Waals surface area contributed by atoms with Crippen molar-refractivity contribution in [3.63, 3.8) is 0 Å². The molecule has 0 aromatic heterocycles. The molecule has 152 valence electrons. The molecule has 2 heterocycles. The Morgan fingerprint density at radius 3 is 2.48 bits per heavy atom. The van der Waals surface area contributed by atoms with Gasteiger partial charge in [-0.25, -0.2) is 8.42 Å². The summed E-state index contributed by atoms with van der Waals surface area (Å²) in [6.45, 7) is 6.19. The number of amides is 1. The molecule has 2 saturated heterocycles. The zero-order valence-corrected chi connectivity index (χ0v) is 17.7. The molecule has 2 aliphatic rings. The van der Waals surface area contributed by atoms with E-state index in [1.165, 1.54) is 0 Å². The van der Waals surface area contributed by atoms with Crippen LogP contribution in [0.4, 0.5) is 0 Å². The predicted octanol–water partition coefficient (Wildman–Crippen LogP) is 2.40. The van der Waals surface area contributed by atoms with Crippen LogP contribution >= 0.6 is 12.4 Å². The van der Waals surface area contributed by atoms with Crippen LogP contribution < -0.4 is 5.73 Å². The summed E-state index contributed by atoms with van der Waals surface area (Å²) in [4.78, 5) is 15.1. The highest BCUT2D eigenvalue weighted by atomic mass is 35.5. The van der Waals surface area contributed by atoms with Crippen molar-refractivity contribution in [2.75, 3.05) is 26.2 Å². The lowest BCUT2D eigenvalue weighted by molar-refractivity contribution is 0.0742. The van der Waals surface area contributed by atoms with Gasteiger partial charge in [-0.15, -0.1) is 12.4 Å². The molecule has 1 aromatic rings. The molecule has 0 bridgehead atoms. The summed E-state index contributed by atoms with van der Waals surface area (Å²) >= 11 is 0. The van der Waals surface area contributed by atoms with Crippen LogP contribution in [0.1, 0.15) is 48.5 Å². The van der Waals surface area contributed by atoms with Crippen molar-refractivity contribution in [3.05, 3.63) is 29.3 Å². The molecular formula is C19H30ClN3O3S. The third-order valence-corrected chi connectivity index (χ3v) is 7.54. The van der Waals surface area contributed by atoms with Crippen molar-refractivity contribution in [1.82, 2.24) is 9.21 Å². The van der Waals surface area contributed by atoms with E-state index in [0.717, 1.165) is 31.2 Å². The van der Waals surface area contributed by atoms with Gasteiger partial charge in [0.1, 0.15) is 0 Å². The first-order chi connectivity index (χ1) is 12.3. The molecule has 1 aromatic carbocycles. The highest BCUT2D eigenvalue weighted by molar-refractivity contribution is 7.89. The van der Waals surface area contributed by atoms with Gasteiger partial charge in [-0.2, -0.15) is 4.31 Å². The maximum atomic E-state index is 13.1. The molecule has 3 rings (SSSR count). The van der Waals surface area contributed by atoms with Gasteiger partial charge < -0.3 is 10.6 Å². The zero-order chi connectivity index (χ0) is 18.9. The van der Waals surface area contributed by atoms with Gasteiger partial charge >= 0.3 is 0 Å². The molecule has 0 aliphatic carbocycles. The SMILES string of the molecule is Cc1ccc(S(=O)(=O)N2CCCCC2)cc1C(=O)N1CC(CN)CC1C.Cl. The lowest BCUT2D eigenvalue weighted by atomic mass is 10.1. The van der Waals surface area contributed by atoms with E-state index in [2.05, 4.69) is 0 Å². The van der Waals surface area contributed by atoms with Gasteiger partial charge in [0.05, 0.1) is 4.90 Å². The number of sulfonamides is 1. The van der Waals surface area contributed by atoms with Gasteiger partial charge in [-0.05, 0) is 63.3 Å². The smallest absolute Gasteiger partial charge is 0.254 e. The monoisotopic (exact) mass is 415 g/mol. The quantitative estimate of drug-likeness (QED) is 0.818. The van der Waals surface area contributed by atoms with E-state index in [1.54, 1.807) is 22.5 Å². The van der Waals surface area contributed by atoms with Crippen LogP contribution in [0, 0.1) is 12.8 Å². The molecule has 0 saturated carbocycles. The molecule has 2 fully saturated rings. The number of likely N-dealkylation sites (tertiary alicyclic amines) is 1.